The van der Waals surface area contributed by atoms with E-state index < -0.39 is 192 Å². The number of guanidine groups is 2. The lowest BCUT2D eigenvalue weighted by Gasteiger charge is -2.33. The molecule has 0 bridgehead atoms. The highest BCUT2D eigenvalue weighted by Gasteiger charge is 2.39. The van der Waals surface area contributed by atoms with Crippen LogP contribution in [-0.4, -0.2) is 252 Å². The number of benzene rings is 4. The van der Waals surface area contributed by atoms with E-state index in [2.05, 4.69) is 99.4 Å². The van der Waals surface area contributed by atoms with Gasteiger partial charge in [0.05, 0.1) is 55.8 Å². The first-order valence-electron chi connectivity index (χ1n) is 39.1. The van der Waals surface area contributed by atoms with Crippen LogP contribution in [0.25, 0.3) is 10.8 Å². The molecule has 0 saturated carbocycles. The van der Waals surface area contributed by atoms with Gasteiger partial charge in [0.2, 0.25) is 82.7 Å². The fourth-order valence-corrected chi connectivity index (χ4v) is 14.1. The number of aromatic amines is 2. The van der Waals surface area contributed by atoms with Crippen molar-refractivity contribution in [2.24, 2.45) is 24.2 Å². The molecule has 1 aliphatic heterocycles. The summed E-state index contributed by atoms with van der Waals surface area (Å²) in [5, 5.41) is 64.8. The quantitative estimate of drug-likeness (QED) is 0.0146. The Morgan fingerprint density at radius 3 is 1.64 bits per heavy atom. The van der Waals surface area contributed by atoms with E-state index >= 15 is 28.8 Å². The third-order valence-electron chi connectivity index (χ3n) is 19.6. The molecule has 14 amide bonds. The van der Waals surface area contributed by atoms with Crippen molar-refractivity contribution in [1.82, 2.24) is 109 Å². The second-order valence-corrected chi connectivity index (χ2v) is 30.2. The molecule has 8 rings (SSSR count). The highest BCUT2D eigenvalue weighted by Crippen LogP contribution is 2.22. The first kappa shape index (κ1) is 94.0. The molecular formula is C79H103ClN26O15S. The number of carbonyl (C=O) groups excluding carboxylic acids is 14. The van der Waals surface area contributed by atoms with Crippen LogP contribution >= 0.6 is 23.4 Å². The second-order valence-electron chi connectivity index (χ2n) is 28.8. The number of aryl methyl sites for hydroxylation is 1. The largest absolute Gasteiger partial charge is 0.394 e. The van der Waals surface area contributed by atoms with E-state index in [1.165, 1.54) is 61.3 Å². The smallest absolute Gasteiger partial charge is 0.245 e. The topological polar surface area (TPSA) is 632 Å². The maximum Gasteiger partial charge on any atom is 0.245 e. The summed E-state index contributed by atoms with van der Waals surface area (Å²) < 4.78 is 1.54. The van der Waals surface area contributed by atoms with Crippen molar-refractivity contribution in [3.63, 3.8) is 0 Å². The summed E-state index contributed by atoms with van der Waals surface area (Å²) in [5.41, 5.74) is 19.0. The number of primary amides is 1. The number of aromatic nitrogens is 6. The maximum absolute atomic E-state index is 15.4. The number of thioether (sulfide) groups is 1. The number of fused-ring (bicyclic) bond motifs is 1. The Kier molecular flexibility index (Phi) is 36.5. The number of imidazole rings is 3. The molecule has 652 valence electrons. The molecule has 7 aromatic rings. The number of aliphatic hydroxyl groups is 1. The number of hydrogen-bond acceptors (Lipinski definition) is 21. The van der Waals surface area contributed by atoms with Gasteiger partial charge in [0.15, 0.2) is 11.9 Å². The first-order chi connectivity index (χ1) is 58.4. The molecule has 1 aliphatic rings. The standard InChI is InChI=1S/C79H103ClN26O15S/c1-4-53-69(113)100-57(29-47-17-10-16-46-15-8-9-18-52(46)47)72(116)101-58(30-49-33-86-41-93-49)67(111)92-37-65(109)96-61(38-107)75(119)99-55(20-12-26-90-79(84)85)77(121)106(3)63(28-45-21-23-48(80)24-22-45)76(120)103-59(31-50-34-87-42-94-50)73(117)98-54(19-11-25-89-78(82)83)70(114)102-60(32-51-35-88-43-105(51)2)74(118)104-62(68(112)91-36-64(81)108)39-122-40-66(110)95-56(71(115)97-53)27-44-13-6-5-7-14-44/h5-10,13-18,21-24,33-35,41-43,53-63,107H,4,11-12,19-20,25-32,36-40H2,1-3H3,(H2,81,108)(H,86,93)(H,87,94)(H,91,112)(H,92,111)(H,95,110)(H,96,109)(H,97,115)(H,98,117)(H,99,119)(H,100,113)(H,101,116)(H,102,114)(H,103,120)(H,104,118)(H4,82,83,89)(H4,84,85,90)/t53-,54-,55-,56-,57-,58-,59-,60-,61-,62-,63-/m0/s1. The van der Waals surface area contributed by atoms with Gasteiger partial charge in [0, 0.05) is 101 Å². The van der Waals surface area contributed by atoms with Crippen LogP contribution in [0.4, 0.5) is 0 Å². The van der Waals surface area contributed by atoms with Crippen LogP contribution in [0.3, 0.4) is 0 Å². The van der Waals surface area contributed by atoms with E-state index in [1.807, 2.05) is 24.3 Å². The molecule has 4 aromatic carbocycles. The van der Waals surface area contributed by atoms with Gasteiger partial charge in [-0.25, -0.2) is 15.0 Å². The summed E-state index contributed by atoms with van der Waals surface area (Å²) >= 11 is 7.12. The molecule has 0 radical (unpaired) electrons. The molecule has 122 heavy (non-hydrogen) atoms. The summed E-state index contributed by atoms with van der Waals surface area (Å²) in [5.74, 6) is -15.3. The summed E-state index contributed by atoms with van der Waals surface area (Å²) in [6.07, 6.45) is 6.08. The van der Waals surface area contributed by atoms with Gasteiger partial charge in [-0.2, -0.15) is 0 Å². The van der Waals surface area contributed by atoms with Crippen molar-refractivity contribution in [2.75, 3.05) is 51.3 Å². The average Bonchev–Trinajstić information content (AvgIpc) is 1.74. The first-order valence-corrected chi connectivity index (χ1v) is 40.6. The molecule has 25 N–H and O–H groups in total. The van der Waals surface area contributed by atoms with Gasteiger partial charge in [-0.05, 0) is 71.7 Å². The fourth-order valence-electron chi connectivity index (χ4n) is 13.1. The number of likely N-dealkylation sites (N-methyl/N-ethyl adjacent to an activating group) is 1. The Hall–Kier alpha value is -13.5. The zero-order valence-corrected chi connectivity index (χ0v) is 68.8. The molecule has 1 saturated heterocycles. The minimum absolute atomic E-state index is 0.0105. The molecule has 1 fully saturated rings. The number of rotatable bonds is 25. The molecule has 4 heterocycles. The number of amides is 14. The average molecular weight is 1720 g/mol. The molecule has 3 aromatic heterocycles. The van der Waals surface area contributed by atoms with Crippen molar-refractivity contribution in [3.8, 4) is 0 Å². The van der Waals surface area contributed by atoms with Gasteiger partial charge in [0.25, 0.3) is 0 Å². The van der Waals surface area contributed by atoms with E-state index in [0.717, 1.165) is 22.0 Å². The lowest BCUT2D eigenvalue weighted by molar-refractivity contribution is -0.143. The van der Waals surface area contributed by atoms with Crippen LogP contribution in [0, 0.1) is 10.8 Å². The van der Waals surface area contributed by atoms with E-state index in [0.29, 0.717) is 32.8 Å². The summed E-state index contributed by atoms with van der Waals surface area (Å²) in [6.45, 7) is -1.17. The van der Waals surface area contributed by atoms with E-state index in [9.17, 15) is 43.5 Å². The van der Waals surface area contributed by atoms with Gasteiger partial charge >= 0.3 is 0 Å². The minimum atomic E-state index is -1.84. The number of hydrogen-bond donors (Lipinski definition) is 22. The predicted molar refractivity (Wildman–Crippen MR) is 449 cm³/mol. The number of carbonyl (C=O) groups is 14. The Labute approximate surface area is 710 Å². The van der Waals surface area contributed by atoms with Gasteiger partial charge in [0.1, 0.15) is 66.5 Å². The maximum atomic E-state index is 15.4. The zero-order valence-electron chi connectivity index (χ0n) is 67.2. The van der Waals surface area contributed by atoms with E-state index in [-0.39, 0.29) is 95.1 Å². The summed E-state index contributed by atoms with van der Waals surface area (Å²) in [4.78, 5) is 224. The third kappa shape index (κ3) is 29.8. The van der Waals surface area contributed by atoms with Crippen molar-refractivity contribution in [3.05, 3.63) is 173 Å². The van der Waals surface area contributed by atoms with Crippen molar-refractivity contribution in [1.29, 1.82) is 10.8 Å². The van der Waals surface area contributed by atoms with E-state index in [4.69, 9.17) is 39.6 Å². The van der Waals surface area contributed by atoms with Gasteiger partial charge in [-0.15, -0.1) is 11.8 Å². The van der Waals surface area contributed by atoms with Gasteiger partial charge < -0.3 is 116 Å². The molecule has 0 aliphatic carbocycles. The Balaban J connectivity index is 1.19. The van der Waals surface area contributed by atoms with Crippen LogP contribution in [-0.2, 0) is 113 Å². The zero-order chi connectivity index (χ0) is 88.4. The predicted octanol–water partition coefficient (Wildman–Crippen LogP) is -4.50. The highest BCUT2D eigenvalue weighted by atomic mass is 35.5. The minimum Gasteiger partial charge on any atom is -0.394 e. The van der Waals surface area contributed by atoms with Crippen LogP contribution in [0.15, 0.2) is 135 Å². The monoisotopic (exact) mass is 1720 g/mol. The van der Waals surface area contributed by atoms with Crippen LogP contribution < -0.4 is 91.6 Å². The molecule has 41 nitrogen and oxygen atoms in total. The fraction of sp³-hybridized carbons (Fsp3) is 0.405. The SMILES string of the molecule is CC[C@@H]1NC(=O)[C@H](Cc2ccccc2)NC(=O)CSC[C@@H](C(=O)NCC(N)=O)NC(=O)[C@H](Cc2cncn2C)NC(=O)[C@H](CCCNC(=N)N)NC(=O)[C@H](Cc2c[nH]cn2)NC(=O)[C@H](Cc2ccc(Cl)cc2)N(C)C(=O)[C@H](CCCNC(=N)N)NC(=O)[C@H](CO)NC(=O)CNC(=O)[C@H](Cc2c[nH]cn2)NC(=O)[C@H](Cc2cccc3ccccc23)NC1=O. The highest BCUT2D eigenvalue weighted by molar-refractivity contribution is 8.00. The molecule has 0 unspecified atom stereocenters. The van der Waals surface area contributed by atoms with E-state index in [1.54, 1.807) is 74.6 Å². The van der Waals surface area contributed by atoms with Crippen LogP contribution in [0.1, 0.15) is 72.8 Å². The molecular weight excluding hydrogens is 1620 g/mol. The molecule has 43 heteroatoms. The third-order valence-corrected chi connectivity index (χ3v) is 20.9. The molecule has 11 atom stereocenters. The number of nitrogens with one attached hydrogen (secondary N) is 18. The lowest BCUT2D eigenvalue weighted by Crippen LogP contribution is -2.61. The second kappa shape index (κ2) is 47.3. The lowest BCUT2D eigenvalue weighted by atomic mass is 9.97. The summed E-state index contributed by atoms with van der Waals surface area (Å²) in [6, 6.07) is 9.81. The Morgan fingerprint density at radius 2 is 1.05 bits per heavy atom. The van der Waals surface area contributed by atoms with Crippen molar-refractivity contribution >= 4 is 129 Å². The number of aliphatic hydroxyl groups excluding tert-OH is 1. The number of H-pyrrole nitrogens is 2. The van der Waals surface area contributed by atoms with Crippen LogP contribution in [0.2, 0.25) is 5.02 Å². The normalized spacial score (nSPS) is 21.7. The van der Waals surface area contributed by atoms with Gasteiger partial charge in [-0.3, -0.25) is 77.9 Å². The number of nitrogens with two attached hydrogens (primary N) is 3. The summed E-state index contributed by atoms with van der Waals surface area (Å²) in [7, 11) is 2.84. The van der Waals surface area contributed by atoms with Crippen molar-refractivity contribution < 1.29 is 72.2 Å². The van der Waals surface area contributed by atoms with Gasteiger partial charge in [-0.1, -0.05) is 103 Å². The van der Waals surface area contributed by atoms with Crippen LogP contribution in [0.5, 0.6) is 0 Å². The Morgan fingerprint density at radius 1 is 0.541 bits per heavy atom. The number of halogens is 1. The Bertz CT molecular complexity index is 4790. The van der Waals surface area contributed by atoms with Crippen molar-refractivity contribution in [2.45, 2.75) is 144 Å². The number of nitrogens with zero attached hydrogens (tertiary/aromatic N) is 5. The molecule has 0 spiro atoms.